The Morgan fingerprint density at radius 1 is 1.29 bits per heavy atom. The first-order valence-corrected chi connectivity index (χ1v) is 6.42. The highest BCUT2D eigenvalue weighted by Crippen LogP contribution is 2.27. The highest BCUT2D eigenvalue weighted by molar-refractivity contribution is 5.96. The van der Waals surface area contributed by atoms with Gasteiger partial charge in [-0.15, -0.1) is 0 Å². The first-order valence-electron chi connectivity index (χ1n) is 6.42. The largest absolute Gasteiger partial charge is 0.493 e. The number of carboxylic acids is 1. The van der Waals surface area contributed by atoms with E-state index < -0.39 is 17.5 Å². The zero-order chi connectivity index (χ0) is 15.2. The lowest BCUT2D eigenvalue weighted by atomic mass is 10.1. The van der Waals surface area contributed by atoms with Crippen molar-refractivity contribution in [1.82, 2.24) is 4.98 Å². The van der Waals surface area contributed by atoms with Crippen molar-refractivity contribution in [2.45, 2.75) is 12.8 Å². The van der Waals surface area contributed by atoms with Gasteiger partial charge in [0.1, 0.15) is 17.1 Å². The van der Waals surface area contributed by atoms with E-state index in [0.717, 1.165) is 18.1 Å². The van der Waals surface area contributed by atoms with Gasteiger partial charge in [-0.2, -0.15) is 0 Å². The van der Waals surface area contributed by atoms with Crippen LogP contribution in [0.5, 0.6) is 5.75 Å². The second kappa shape index (κ2) is 6.69. The SMILES string of the molecule is Nc1c(F)ccc(OCCCc2ccncc2)c1C(=O)O. The maximum Gasteiger partial charge on any atom is 0.341 e. The molecule has 2 rings (SSSR count). The first kappa shape index (κ1) is 14.8. The van der Waals surface area contributed by atoms with E-state index in [4.69, 9.17) is 15.6 Å². The van der Waals surface area contributed by atoms with Crippen molar-refractivity contribution < 1.29 is 19.0 Å². The molecule has 0 fully saturated rings. The Kier molecular flexibility index (Phi) is 4.71. The number of aromatic nitrogens is 1. The molecule has 0 aliphatic rings. The Morgan fingerprint density at radius 2 is 2.00 bits per heavy atom. The Bertz CT molecular complexity index is 632. The number of nitrogen functional groups attached to an aromatic ring is 1. The average molecular weight is 290 g/mol. The minimum atomic E-state index is -1.31. The van der Waals surface area contributed by atoms with Gasteiger partial charge in [0, 0.05) is 12.4 Å². The molecule has 0 amide bonds. The molecule has 0 atom stereocenters. The summed E-state index contributed by atoms with van der Waals surface area (Å²) in [5, 5.41) is 9.07. The molecule has 0 bridgehead atoms. The first-order chi connectivity index (χ1) is 10.1. The van der Waals surface area contributed by atoms with Crippen molar-refractivity contribution in [3.63, 3.8) is 0 Å². The zero-order valence-corrected chi connectivity index (χ0v) is 11.3. The summed E-state index contributed by atoms with van der Waals surface area (Å²) in [6.07, 6.45) is 4.89. The van der Waals surface area contributed by atoms with Crippen LogP contribution in [-0.4, -0.2) is 22.7 Å². The number of hydrogen-bond acceptors (Lipinski definition) is 4. The molecular formula is C15H15FN2O3. The topological polar surface area (TPSA) is 85.4 Å². The second-order valence-corrected chi connectivity index (χ2v) is 4.45. The number of carbonyl (C=O) groups is 1. The van der Waals surface area contributed by atoms with Crippen molar-refractivity contribution in [2.24, 2.45) is 0 Å². The van der Waals surface area contributed by atoms with Gasteiger partial charge in [-0.05, 0) is 42.7 Å². The molecule has 0 saturated carbocycles. The van der Waals surface area contributed by atoms with E-state index in [9.17, 15) is 9.18 Å². The minimum Gasteiger partial charge on any atom is -0.493 e. The third-order valence-corrected chi connectivity index (χ3v) is 2.98. The van der Waals surface area contributed by atoms with Crippen molar-refractivity contribution in [1.29, 1.82) is 0 Å². The van der Waals surface area contributed by atoms with Crippen LogP contribution in [0.1, 0.15) is 22.3 Å². The Balaban J connectivity index is 1.97. The van der Waals surface area contributed by atoms with Gasteiger partial charge in [-0.1, -0.05) is 0 Å². The van der Waals surface area contributed by atoms with Crippen molar-refractivity contribution >= 4 is 11.7 Å². The Labute approximate surface area is 121 Å². The maximum absolute atomic E-state index is 13.3. The number of aromatic carboxylic acids is 1. The highest BCUT2D eigenvalue weighted by atomic mass is 19.1. The summed E-state index contributed by atoms with van der Waals surface area (Å²) in [7, 11) is 0. The Hall–Kier alpha value is -2.63. The van der Waals surface area contributed by atoms with Gasteiger partial charge in [-0.25, -0.2) is 9.18 Å². The lowest BCUT2D eigenvalue weighted by molar-refractivity contribution is 0.0693. The third-order valence-electron chi connectivity index (χ3n) is 2.98. The molecule has 1 aromatic carbocycles. The van der Waals surface area contributed by atoms with Crippen LogP contribution < -0.4 is 10.5 Å². The minimum absolute atomic E-state index is 0.0797. The van der Waals surface area contributed by atoms with Crippen molar-refractivity contribution in [3.05, 3.63) is 53.6 Å². The fourth-order valence-corrected chi connectivity index (χ4v) is 1.92. The summed E-state index contributed by atoms with van der Waals surface area (Å²) in [6.45, 7) is 0.313. The quantitative estimate of drug-likeness (QED) is 0.630. The summed E-state index contributed by atoms with van der Waals surface area (Å²) < 4.78 is 18.7. The molecule has 0 aliphatic carbocycles. The fraction of sp³-hybridized carbons (Fsp3) is 0.200. The van der Waals surface area contributed by atoms with Gasteiger partial charge >= 0.3 is 5.97 Å². The molecule has 5 nitrogen and oxygen atoms in total. The fourth-order valence-electron chi connectivity index (χ4n) is 1.92. The number of ether oxygens (including phenoxy) is 1. The number of anilines is 1. The predicted octanol–water partition coefficient (Wildman–Crippen LogP) is 2.51. The van der Waals surface area contributed by atoms with Gasteiger partial charge in [0.25, 0.3) is 0 Å². The number of pyridine rings is 1. The number of aryl methyl sites for hydroxylation is 1. The normalized spacial score (nSPS) is 10.3. The molecular weight excluding hydrogens is 275 g/mol. The van der Waals surface area contributed by atoms with Gasteiger partial charge in [0.2, 0.25) is 0 Å². The number of halogens is 1. The number of hydrogen-bond donors (Lipinski definition) is 2. The smallest absolute Gasteiger partial charge is 0.341 e. The summed E-state index contributed by atoms with van der Waals surface area (Å²) in [4.78, 5) is 15.0. The third kappa shape index (κ3) is 3.68. The van der Waals surface area contributed by atoms with Crippen molar-refractivity contribution in [2.75, 3.05) is 12.3 Å². The molecule has 110 valence electrons. The van der Waals surface area contributed by atoms with Crippen LogP contribution in [0.3, 0.4) is 0 Å². The zero-order valence-electron chi connectivity index (χ0n) is 11.3. The van der Waals surface area contributed by atoms with E-state index in [0.29, 0.717) is 13.0 Å². The molecule has 0 unspecified atom stereocenters. The predicted molar refractivity (Wildman–Crippen MR) is 75.8 cm³/mol. The van der Waals surface area contributed by atoms with Gasteiger partial charge in [0.15, 0.2) is 0 Å². The molecule has 0 spiro atoms. The molecule has 0 aliphatic heterocycles. The molecule has 2 aromatic rings. The monoisotopic (exact) mass is 290 g/mol. The molecule has 21 heavy (non-hydrogen) atoms. The number of carboxylic acid groups (broad SMARTS) is 1. The summed E-state index contributed by atoms with van der Waals surface area (Å²) in [6, 6.07) is 6.18. The Morgan fingerprint density at radius 3 is 2.67 bits per heavy atom. The second-order valence-electron chi connectivity index (χ2n) is 4.45. The molecule has 6 heteroatoms. The average Bonchev–Trinajstić information content (AvgIpc) is 2.48. The van der Waals surface area contributed by atoms with Crippen LogP contribution in [0, 0.1) is 5.82 Å². The van der Waals surface area contributed by atoms with E-state index in [1.807, 2.05) is 12.1 Å². The summed E-state index contributed by atoms with van der Waals surface area (Å²) >= 11 is 0. The van der Waals surface area contributed by atoms with E-state index in [-0.39, 0.29) is 11.3 Å². The van der Waals surface area contributed by atoms with E-state index in [1.165, 1.54) is 6.07 Å². The van der Waals surface area contributed by atoms with Gasteiger partial charge < -0.3 is 15.6 Å². The number of benzene rings is 1. The maximum atomic E-state index is 13.3. The van der Waals surface area contributed by atoms with Crippen LogP contribution in [0.4, 0.5) is 10.1 Å². The van der Waals surface area contributed by atoms with Crippen LogP contribution >= 0.6 is 0 Å². The summed E-state index contributed by atoms with van der Waals surface area (Å²) in [5.41, 5.74) is 5.81. The van der Waals surface area contributed by atoms with E-state index in [2.05, 4.69) is 4.98 Å². The van der Waals surface area contributed by atoms with Crippen LogP contribution in [0.2, 0.25) is 0 Å². The highest BCUT2D eigenvalue weighted by Gasteiger charge is 2.18. The van der Waals surface area contributed by atoms with Crippen LogP contribution in [0.15, 0.2) is 36.7 Å². The number of nitrogens with zero attached hydrogens (tertiary/aromatic N) is 1. The standard InChI is InChI=1S/C15H15FN2O3/c16-11-3-4-12(13(14(11)17)15(19)20)21-9-1-2-10-5-7-18-8-6-10/h3-8H,1-2,9,17H2,(H,19,20). The number of nitrogens with two attached hydrogens (primary N) is 1. The summed E-state index contributed by atoms with van der Waals surface area (Å²) in [5.74, 6) is -2.00. The lowest BCUT2D eigenvalue weighted by Gasteiger charge is -2.11. The van der Waals surface area contributed by atoms with Gasteiger partial charge in [-0.3, -0.25) is 4.98 Å². The van der Waals surface area contributed by atoms with Crippen LogP contribution in [0.25, 0.3) is 0 Å². The molecule has 0 saturated heterocycles. The van der Waals surface area contributed by atoms with Crippen molar-refractivity contribution in [3.8, 4) is 5.75 Å². The van der Waals surface area contributed by atoms with Gasteiger partial charge in [0.05, 0.1) is 12.3 Å². The number of rotatable bonds is 6. The van der Waals surface area contributed by atoms with E-state index in [1.54, 1.807) is 12.4 Å². The lowest BCUT2D eigenvalue weighted by Crippen LogP contribution is -2.09. The molecule has 1 heterocycles. The molecule has 1 aromatic heterocycles. The molecule has 3 N–H and O–H groups in total. The van der Waals surface area contributed by atoms with Crippen LogP contribution in [-0.2, 0) is 6.42 Å². The van der Waals surface area contributed by atoms with E-state index >= 15 is 0 Å². The molecule has 0 radical (unpaired) electrons.